The van der Waals surface area contributed by atoms with Gasteiger partial charge >= 0.3 is 0 Å². The number of nitrogens with zero attached hydrogens (tertiary/aromatic N) is 2. The molecule has 0 radical (unpaired) electrons. The van der Waals surface area contributed by atoms with Crippen molar-refractivity contribution >= 4 is 0 Å². The van der Waals surface area contributed by atoms with Crippen molar-refractivity contribution in [3.63, 3.8) is 0 Å². The van der Waals surface area contributed by atoms with Crippen LogP contribution in [0.4, 0.5) is 0 Å². The summed E-state index contributed by atoms with van der Waals surface area (Å²) < 4.78 is 16.2. The second-order valence-corrected chi connectivity index (χ2v) is 4.80. The van der Waals surface area contributed by atoms with Gasteiger partial charge in [-0.25, -0.2) is 0 Å². The van der Waals surface area contributed by atoms with Crippen LogP contribution in [0.15, 0.2) is 52.9 Å². The molecule has 0 aliphatic heterocycles. The highest BCUT2D eigenvalue weighted by Gasteiger charge is 2.23. The summed E-state index contributed by atoms with van der Waals surface area (Å²) in [6.45, 7) is 0. The van der Waals surface area contributed by atoms with Gasteiger partial charge in [-0.3, -0.25) is 0 Å². The summed E-state index contributed by atoms with van der Waals surface area (Å²) in [5.74, 6) is 1.39. The van der Waals surface area contributed by atoms with Crippen LogP contribution in [0.2, 0.25) is 0 Å². The zero-order valence-corrected chi connectivity index (χ0v) is 12.8. The maximum atomic E-state index is 10.6. The minimum atomic E-state index is -1.11. The Labute approximate surface area is 133 Å². The van der Waals surface area contributed by atoms with Crippen LogP contribution in [0.5, 0.6) is 11.5 Å². The molecule has 6 nitrogen and oxygen atoms in total. The van der Waals surface area contributed by atoms with E-state index in [0.717, 1.165) is 5.56 Å². The first-order chi connectivity index (χ1) is 11.2. The number of aliphatic hydroxyl groups is 1. The average molecular weight is 312 g/mol. The number of hydrogen-bond acceptors (Lipinski definition) is 6. The second kappa shape index (κ2) is 6.50. The van der Waals surface area contributed by atoms with Crippen molar-refractivity contribution in [2.24, 2.45) is 0 Å². The minimum absolute atomic E-state index is 0.0930. The summed E-state index contributed by atoms with van der Waals surface area (Å²) in [4.78, 5) is 0. The first-order valence-corrected chi connectivity index (χ1v) is 7.02. The quantitative estimate of drug-likeness (QED) is 0.780. The Kier molecular flexibility index (Phi) is 4.25. The fraction of sp³-hybridized carbons (Fsp3) is 0.176. The predicted octanol–water partition coefficient (Wildman–Crippen LogP) is 2.84. The lowest BCUT2D eigenvalue weighted by Crippen LogP contribution is -2.04. The van der Waals surface area contributed by atoms with Crippen molar-refractivity contribution in [2.45, 2.75) is 6.10 Å². The first kappa shape index (κ1) is 15.1. The third kappa shape index (κ3) is 2.89. The maximum absolute atomic E-state index is 10.6. The molecule has 0 spiro atoms. The van der Waals surface area contributed by atoms with E-state index >= 15 is 0 Å². The molecule has 0 aliphatic carbocycles. The first-order valence-electron chi connectivity index (χ1n) is 7.02. The number of rotatable bonds is 5. The van der Waals surface area contributed by atoms with E-state index in [2.05, 4.69) is 10.2 Å². The van der Waals surface area contributed by atoms with E-state index in [1.54, 1.807) is 18.2 Å². The molecule has 0 bridgehead atoms. The Hall–Kier alpha value is -2.86. The van der Waals surface area contributed by atoms with Gasteiger partial charge < -0.3 is 19.0 Å². The number of aliphatic hydroxyl groups excluding tert-OH is 1. The van der Waals surface area contributed by atoms with Gasteiger partial charge in [-0.2, -0.15) is 0 Å². The number of aromatic nitrogens is 2. The van der Waals surface area contributed by atoms with Gasteiger partial charge in [-0.05, 0) is 18.2 Å². The molecule has 0 unspecified atom stereocenters. The van der Waals surface area contributed by atoms with Crippen LogP contribution >= 0.6 is 0 Å². The Morgan fingerprint density at radius 2 is 1.74 bits per heavy atom. The van der Waals surface area contributed by atoms with E-state index < -0.39 is 6.10 Å². The Bertz CT molecular complexity index is 786. The highest BCUT2D eigenvalue weighted by molar-refractivity contribution is 5.52. The standard InChI is InChI=1S/C17H16N2O4/c1-21-13-10-6-9-12(15(13)22-2)14(20)17-19-18-16(23-17)11-7-4-3-5-8-11/h3-10,14,20H,1-2H3/t14-/m0/s1. The molecule has 0 fully saturated rings. The highest BCUT2D eigenvalue weighted by Crippen LogP contribution is 2.37. The molecule has 3 rings (SSSR count). The zero-order valence-electron chi connectivity index (χ0n) is 12.8. The lowest BCUT2D eigenvalue weighted by atomic mass is 10.1. The van der Waals surface area contributed by atoms with Crippen molar-refractivity contribution in [3.05, 3.63) is 60.0 Å². The predicted molar refractivity (Wildman–Crippen MR) is 83.3 cm³/mol. The van der Waals surface area contributed by atoms with E-state index in [9.17, 15) is 5.11 Å². The number of para-hydroxylation sites is 1. The molecule has 1 atom stereocenters. The molecule has 6 heteroatoms. The van der Waals surface area contributed by atoms with Crippen molar-refractivity contribution in [1.29, 1.82) is 0 Å². The Balaban J connectivity index is 1.96. The fourth-order valence-corrected chi connectivity index (χ4v) is 2.30. The molecular weight excluding hydrogens is 296 g/mol. The Morgan fingerprint density at radius 1 is 0.957 bits per heavy atom. The number of benzene rings is 2. The largest absolute Gasteiger partial charge is 0.493 e. The molecule has 1 aromatic heterocycles. The van der Waals surface area contributed by atoms with Gasteiger partial charge in [0.25, 0.3) is 0 Å². The van der Waals surface area contributed by atoms with Gasteiger partial charge in [0.15, 0.2) is 17.6 Å². The molecular formula is C17H16N2O4. The summed E-state index contributed by atoms with van der Waals surface area (Å²) in [5, 5.41) is 18.5. The summed E-state index contributed by atoms with van der Waals surface area (Å²) in [6.07, 6.45) is -1.11. The van der Waals surface area contributed by atoms with Crippen LogP contribution < -0.4 is 9.47 Å². The molecule has 2 aromatic carbocycles. The second-order valence-electron chi connectivity index (χ2n) is 4.80. The van der Waals surface area contributed by atoms with Crippen LogP contribution in [0.1, 0.15) is 17.6 Å². The Morgan fingerprint density at radius 3 is 2.43 bits per heavy atom. The van der Waals surface area contributed by atoms with Crippen LogP contribution in [0.3, 0.4) is 0 Å². The van der Waals surface area contributed by atoms with Gasteiger partial charge in [0, 0.05) is 11.1 Å². The normalized spacial score (nSPS) is 12.0. The molecule has 0 amide bonds. The summed E-state index contributed by atoms with van der Waals surface area (Å²) >= 11 is 0. The van der Waals surface area contributed by atoms with Gasteiger partial charge in [0.2, 0.25) is 11.8 Å². The fourth-order valence-electron chi connectivity index (χ4n) is 2.30. The summed E-state index contributed by atoms with van der Waals surface area (Å²) in [7, 11) is 3.05. The number of ether oxygens (including phenoxy) is 2. The smallest absolute Gasteiger partial charge is 0.250 e. The molecule has 0 aliphatic rings. The maximum Gasteiger partial charge on any atom is 0.250 e. The average Bonchev–Trinajstić information content (AvgIpc) is 3.11. The third-order valence-electron chi connectivity index (χ3n) is 3.42. The lowest BCUT2D eigenvalue weighted by Gasteiger charge is -2.14. The van der Waals surface area contributed by atoms with Crippen molar-refractivity contribution in [1.82, 2.24) is 10.2 Å². The van der Waals surface area contributed by atoms with Gasteiger partial charge in [0.1, 0.15) is 0 Å². The van der Waals surface area contributed by atoms with E-state index in [-0.39, 0.29) is 5.89 Å². The van der Waals surface area contributed by atoms with E-state index in [4.69, 9.17) is 13.9 Å². The van der Waals surface area contributed by atoms with Gasteiger partial charge in [-0.1, -0.05) is 30.3 Å². The third-order valence-corrected chi connectivity index (χ3v) is 3.42. The van der Waals surface area contributed by atoms with E-state index in [0.29, 0.717) is 23.0 Å². The number of hydrogen-bond donors (Lipinski definition) is 1. The topological polar surface area (TPSA) is 77.6 Å². The monoisotopic (exact) mass is 312 g/mol. The van der Waals surface area contributed by atoms with Crippen LogP contribution in [-0.2, 0) is 0 Å². The zero-order chi connectivity index (χ0) is 16.2. The SMILES string of the molecule is COc1cccc([C@H](O)c2nnc(-c3ccccc3)o2)c1OC. The summed E-state index contributed by atoms with van der Waals surface area (Å²) in [6, 6.07) is 14.6. The molecule has 118 valence electrons. The van der Waals surface area contributed by atoms with Crippen LogP contribution in [-0.4, -0.2) is 29.5 Å². The molecule has 1 N–H and O–H groups in total. The van der Waals surface area contributed by atoms with Gasteiger partial charge in [-0.15, -0.1) is 10.2 Å². The minimum Gasteiger partial charge on any atom is -0.493 e. The van der Waals surface area contributed by atoms with E-state index in [1.165, 1.54) is 14.2 Å². The van der Waals surface area contributed by atoms with Crippen molar-refractivity contribution < 1.29 is 19.0 Å². The van der Waals surface area contributed by atoms with E-state index in [1.807, 2.05) is 30.3 Å². The van der Waals surface area contributed by atoms with Crippen molar-refractivity contribution in [2.75, 3.05) is 14.2 Å². The molecule has 3 aromatic rings. The number of methoxy groups -OCH3 is 2. The van der Waals surface area contributed by atoms with Crippen LogP contribution in [0, 0.1) is 0 Å². The van der Waals surface area contributed by atoms with Crippen LogP contribution in [0.25, 0.3) is 11.5 Å². The molecule has 23 heavy (non-hydrogen) atoms. The van der Waals surface area contributed by atoms with Crippen molar-refractivity contribution in [3.8, 4) is 23.0 Å². The summed E-state index contributed by atoms with van der Waals surface area (Å²) in [5.41, 5.74) is 1.28. The highest BCUT2D eigenvalue weighted by atomic mass is 16.5. The molecule has 0 saturated heterocycles. The molecule has 1 heterocycles. The van der Waals surface area contributed by atoms with Gasteiger partial charge in [0.05, 0.1) is 14.2 Å². The lowest BCUT2D eigenvalue weighted by molar-refractivity contribution is 0.178. The molecule has 0 saturated carbocycles.